The van der Waals surface area contributed by atoms with Crippen LogP contribution in [-0.4, -0.2) is 30.4 Å². The first kappa shape index (κ1) is 19.8. The summed E-state index contributed by atoms with van der Waals surface area (Å²) in [5, 5.41) is 14.0. The van der Waals surface area contributed by atoms with E-state index in [1.807, 2.05) is 30.3 Å². The molecular weight excluding hydrogens is 336 g/mol. The van der Waals surface area contributed by atoms with Gasteiger partial charge in [-0.05, 0) is 36.5 Å². The topological polar surface area (TPSA) is 67.5 Å². The molecule has 0 fully saturated rings. The molecule has 0 radical (unpaired) electrons. The third kappa shape index (κ3) is 5.05. The maximum atomic E-state index is 10.5. The molecule has 0 amide bonds. The zero-order valence-corrected chi connectivity index (χ0v) is 16.0. The van der Waals surface area contributed by atoms with E-state index in [1.54, 1.807) is 6.08 Å². The fourth-order valence-electron chi connectivity index (χ4n) is 3.73. The van der Waals surface area contributed by atoms with Crippen LogP contribution in [0.4, 0.5) is 0 Å². The summed E-state index contributed by atoms with van der Waals surface area (Å²) >= 11 is 0. The number of ether oxygens (including phenoxy) is 1. The average molecular weight is 367 g/mol. The van der Waals surface area contributed by atoms with E-state index >= 15 is 0 Å². The number of aryl methyl sites for hydroxylation is 1. The molecule has 2 aromatic carbocycles. The first-order valence-corrected chi connectivity index (χ1v) is 9.62. The Labute approximate surface area is 162 Å². The summed E-state index contributed by atoms with van der Waals surface area (Å²) in [6.07, 6.45) is 2.75. The predicted octanol–water partition coefficient (Wildman–Crippen LogP) is 3.20. The van der Waals surface area contributed by atoms with Gasteiger partial charge in [0.2, 0.25) is 0 Å². The minimum atomic E-state index is -0.605. The number of hydrogen-bond acceptors (Lipinski definition) is 4. The molecule has 4 atom stereocenters. The van der Waals surface area contributed by atoms with E-state index in [9.17, 15) is 5.11 Å². The molecule has 3 rings (SSSR count). The number of aliphatic hydroxyl groups is 1. The van der Waals surface area contributed by atoms with Crippen molar-refractivity contribution in [3.05, 3.63) is 83.4 Å². The second-order valence-electron chi connectivity index (χ2n) is 7.36. The summed E-state index contributed by atoms with van der Waals surface area (Å²) in [7, 11) is 0. The van der Waals surface area contributed by atoms with Gasteiger partial charge in [-0.2, -0.15) is 0 Å². The highest BCUT2D eigenvalue weighted by Crippen LogP contribution is 2.41. The van der Waals surface area contributed by atoms with Crippen LogP contribution >= 0.6 is 0 Å². The van der Waals surface area contributed by atoms with Crippen LogP contribution in [0.25, 0.3) is 0 Å². The lowest BCUT2D eigenvalue weighted by molar-refractivity contribution is 0.0678. The van der Waals surface area contributed by atoms with E-state index in [-0.39, 0.29) is 18.2 Å². The van der Waals surface area contributed by atoms with Crippen LogP contribution in [0.5, 0.6) is 0 Å². The highest BCUT2D eigenvalue weighted by molar-refractivity contribution is 5.39. The molecule has 0 heterocycles. The van der Waals surface area contributed by atoms with Gasteiger partial charge in [0.25, 0.3) is 0 Å². The summed E-state index contributed by atoms with van der Waals surface area (Å²) in [4.78, 5) is 0. The molecule has 0 aliphatic heterocycles. The highest BCUT2D eigenvalue weighted by Gasteiger charge is 2.31. The summed E-state index contributed by atoms with van der Waals surface area (Å²) in [5.74, 6) is 0. The van der Waals surface area contributed by atoms with Crippen LogP contribution in [-0.2, 0) is 11.2 Å². The number of hydrogen-bond donors (Lipinski definition) is 3. The fraction of sp³-hybridized carbons (Fsp3) is 0.391. The molecule has 0 saturated heterocycles. The first-order chi connectivity index (χ1) is 13.1. The third-order valence-electron chi connectivity index (χ3n) is 5.21. The fourth-order valence-corrected chi connectivity index (χ4v) is 3.73. The van der Waals surface area contributed by atoms with E-state index < -0.39 is 6.10 Å². The maximum absolute atomic E-state index is 10.5. The quantitative estimate of drug-likeness (QED) is 0.596. The number of nitrogens with one attached hydrogen (secondary N) is 1. The van der Waals surface area contributed by atoms with Crippen LogP contribution in [0.15, 0.2) is 61.2 Å². The van der Waals surface area contributed by atoms with Crippen molar-refractivity contribution in [1.82, 2.24) is 5.32 Å². The lowest BCUT2D eigenvalue weighted by Crippen LogP contribution is -2.43. The monoisotopic (exact) mass is 366 g/mol. The lowest BCUT2D eigenvalue weighted by Gasteiger charge is -2.22. The van der Waals surface area contributed by atoms with Crippen LogP contribution < -0.4 is 11.1 Å². The van der Waals surface area contributed by atoms with Crippen molar-refractivity contribution < 1.29 is 9.84 Å². The first-order valence-electron chi connectivity index (χ1n) is 9.62. The molecule has 0 bridgehead atoms. The highest BCUT2D eigenvalue weighted by atomic mass is 16.5. The van der Waals surface area contributed by atoms with E-state index in [2.05, 4.69) is 37.0 Å². The van der Waals surface area contributed by atoms with E-state index in [0.29, 0.717) is 19.6 Å². The summed E-state index contributed by atoms with van der Waals surface area (Å²) in [6.45, 7) is 6.83. The van der Waals surface area contributed by atoms with Crippen molar-refractivity contribution in [1.29, 1.82) is 0 Å². The van der Waals surface area contributed by atoms with Gasteiger partial charge in [-0.25, -0.2) is 0 Å². The van der Waals surface area contributed by atoms with Gasteiger partial charge >= 0.3 is 0 Å². The summed E-state index contributed by atoms with van der Waals surface area (Å²) in [5.41, 5.74) is 11.1. The molecule has 27 heavy (non-hydrogen) atoms. The number of rotatable bonds is 9. The predicted molar refractivity (Wildman–Crippen MR) is 110 cm³/mol. The molecule has 2 aromatic rings. The van der Waals surface area contributed by atoms with Crippen LogP contribution in [0.3, 0.4) is 0 Å². The molecule has 4 N–H and O–H groups in total. The smallest absolute Gasteiger partial charge is 0.0850 e. The Balaban J connectivity index is 1.60. The van der Waals surface area contributed by atoms with E-state index in [0.717, 1.165) is 12.0 Å². The van der Waals surface area contributed by atoms with Gasteiger partial charge < -0.3 is 20.9 Å². The molecule has 144 valence electrons. The zero-order valence-electron chi connectivity index (χ0n) is 16.0. The molecule has 0 aromatic heterocycles. The van der Waals surface area contributed by atoms with Crippen molar-refractivity contribution in [2.24, 2.45) is 5.73 Å². The molecule has 1 aliphatic rings. The SMILES string of the molecule is C=CCO[C@H]1C[C@@H](NC[C@@H](O)[C@@H](N)Cc2ccccc2)c2cc(C)ccc21. The lowest BCUT2D eigenvalue weighted by atomic mass is 10.0. The standard InChI is InChI=1S/C23H30N2O2/c1-3-11-27-23-14-21(19-12-16(2)9-10-18(19)23)25-15-22(26)20(24)13-17-7-5-4-6-8-17/h3-10,12,20-23,25-26H,1,11,13-15,24H2,2H3/t20-,21+,22+,23-/m0/s1. The number of benzene rings is 2. The Morgan fingerprint density at radius 2 is 2.04 bits per heavy atom. The number of fused-ring (bicyclic) bond motifs is 1. The normalized spacial score (nSPS) is 20.9. The van der Waals surface area contributed by atoms with Crippen LogP contribution in [0.2, 0.25) is 0 Å². The molecule has 0 unspecified atom stereocenters. The van der Waals surface area contributed by atoms with Gasteiger partial charge in [0.15, 0.2) is 0 Å². The van der Waals surface area contributed by atoms with Gasteiger partial charge in [0.1, 0.15) is 0 Å². The molecule has 0 saturated carbocycles. The second kappa shape index (κ2) is 9.29. The van der Waals surface area contributed by atoms with Crippen LogP contribution in [0.1, 0.15) is 40.8 Å². The van der Waals surface area contributed by atoms with Gasteiger partial charge in [-0.15, -0.1) is 6.58 Å². The van der Waals surface area contributed by atoms with Gasteiger partial charge in [0, 0.05) is 18.6 Å². The molecule has 4 heteroatoms. The van der Waals surface area contributed by atoms with E-state index in [1.165, 1.54) is 16.7 Å². The van der Waals surface area contributed by atoms with Crippen molar-refractivity contribution in [3.8, 4) is 0 Å². The van der Waals surface area contributed by atoms with Gasteiger partial charge in [0.05, 0.1) is 18.8 Å². The Morgan fingerprint density at radius 1 is 1.26 bits per heavy atom. The Hall–Kier alpha value is -1.98. The average Bonchev–Trinajstić information content (AvgIpc) is 3.02. The Morgan fingerprint density at radius 3 is 2.78 bits per heavy atom. The molecule has 1 aliphatic carbocycles. The van der Waals surface area contributed by atoms with Gasteiger partial charge in [-0.1, -0.05) is 60.2 Å². The number of aliphatic hydroxyl groups excluding tert-OH is 1. The number of nitrogens with two attached hydrogens (primary N) is 1. The molecular formula is C23H30N2O2. The molecule has 0 spiro atoms. The zero-order chi connectivity index (χ0) is 19.2. The molecule has 4 nitrogen and oxygen atoms in total. The third-order valence-corrected chi connectivity index (χ3v) is 5.21. The minimum Gasteiger partial charge on any atom is -0.390 e. The van der Waals surface area contributed by atoms with Crippen molar-refractivity contribution in [2.75, 3.05) is 13.2 Å². The van der Waals surface area contributed by atoms with Crippen molar-refractivity contribution in [2.45, 2.75) is 44.1 Å². The van der Waals surface area contributed by atoms with Crippen LogP contribution in [0, 0.1) is 6.92 Å². The van der Waals surface area contributed by atoms with Crippen molar-refractivity contribution in [3.63, 3.8) is 0 Å². The minimum absolute atomic E-state index is 0.0613. The van der Waals surface area contributed by atoms with E-state index in [4.69, 9.17) is 10.5 Å². The Bertz CT molecular complexity index is 747. The summed E-state index contributed by atoms with van der Waals surface area (Å²) in [6, 6.07) is 16.4. The largest absolute Gasteiger partial charge is 0.390 e. The summed E-state index contributed by atoms with van der Waals surface area (Å²) < 4.78 is 5.94. The Kier molecular flexibility index (Phi) is 6.80. The second-order valence-corrected chi connectivity index (χ2v) is 7.36. The van der Waals surface area contributed by atoms with Gasteiger partial charge in [-0.3, -0.25) is 0 Å². The van der Waals surface area contributed by atoms with Crippen molar-refractivity contribution >= 4 is 0 Å². The maximum Gasteiger partial charge on any atom is 0.0850 e.